The molecular weight excluding hydrogens is 492 g/mol. The molecule has 2 fully saturated rings. The third-order valence-corrected chi connectivity index (χ3v) is 9.13. The van der Waals surface area contributed by atoms with Gasteiger partial charge in [0, 0.05) is 29.4 Å². The smallest absolute Gasteiger partial charge is 0.200 e. The van der Waals surface area contributed by atoms with Crippen LogP contribution in [0.15, 0.2) is 41.0 Å². The lowest BCUT2D eigenvalue weighted by molar-refractivity contribution is -0.171. The Morgan fingerprint density at radius 2 is 1.72 bits per heavy atom. The molecule has 4 bridgehead atoms. The topological polar surface area (TPSA) is 82.1 Å². The van der Waals surface area contributed by atoms with Crippen LogP contribution in [0.25, 0.3) is 6.08 Å². The lowest BCUT2D eigenvalue weighted by Crippen LogP contribution is -2.72. The lowest BCUT2D eigenvalue weighted by Gasteiger charge is -2.56. The summed E-state index contributed by atoms with van der Waals surface area (Å²) < 4.78 is 20.3. The summed E-state index contributed by atoms with van der Waals surface area (Å²) in [5.41, 5.74) is -0.00322. The summed E-state index contributed by atoms with van der Waals surface area (Å²) in [4.78, 5) is 28.6. The van der Waals surface area contributed by atoms with E-state index in [0.29, 0.717) is 47.5 Å². The van der Waals surface area contributed by atoms with E-state index in [4.69, 9.17) is 14.2 Å². The van der Waals surface area contributed by atoms with Crippen molar-refractivity contribution in [1.82, 2.24) is 0 Å². The number of ether oxygens (including phenoxy) is 3. The van der Waals surface area contributed by atoms with Crippen molar-refractivity contribution < 1.29 is 28.9 Å². The van der Waals surface area contributed by atoms with Crippen LogP contribution < -0.4 is 9.47 Å². The molecule has 0 amide bonds. The maximum atomic E-state index is 14.5. The van der Waals surface area contributed by atoms with Crippen molar-refractivity contribution in [2.45, 2.75) is 97.1 Å². The Kier molecular flexibility index (Phi) is 5.34. The van der Waals surface area contributed by atoms with Gasteiger partial charge in [0.15, 0.2) is 22.8 Å². The van der Waals surface area contributed by atoms with Crippen LogP contribution in [0.2, 0.25) is 0 Å². The van der Waals surface area contributed by atoms with Crippen LogP contribution in [0.1, 0.15) is 89.7 Å². The quantitative estimate of drug-likeness (QED) is 0.451. The fraction of sp³-hybridized carbons (Fsp3) is 0.515. The molecule has 1 spiro atoms. The first-order chi connectivity index (χ1) is 18.1. The number of hydrogen-bond acceptors (Lipinski definition) is 6. The average Bonchev–Trinajstić information content (AvgIpc) is 2.99. The molecular formula is C33H38O6. The number of rotatable bonds is 4. The van der Waals surface area contributed by atoms with Gasteiger partial charge < -0.3 is 19.3 Å². The molecule has 0 aromatic heterocycles. The van der Waals surface area contributed by atoms with Crippen molar-refractivity contribution in [3.8, 4) is 17.2 Å². The van der Waals surface area contributed by atoms with Gasteiger partial charge in [-0.15, -0.1) is 0 Å². The molecule has 206 valence electrons. The summed E-state index contributed by atoms with van der Waals surface area (Å²) in [6, 6.07) is 0. The van der Waals surface area contributed by atoms with Crippen LogP contribution in [0.4, 0.5) is 0 Å². The molecule has 4 atom stereocenters. The predicted molar refractivity (Wildman–Crippen MR) is 149 cm³/mol. The van der Waals surface area contributed by atoms with Crippen LogP contribution in [-0.2, 0) is 16.0 Å². The molecule has 6 heteroatoms. The molecule has 1 saturated heterocycles. The molecule has 7 rings (SSSR count). The summed E-state index contributed by atoms with van der Waals surface area (Å²) >= 11 is 0. The van der Waals surface area contributed by atoms with Gasteiger partial charge in [-0.2, -0.15) is 0 Å². The van der Waals surface area contributed by atoms with Gasteiger partial charge in [0.1, 0.15) is 28.4 Å². The fourth-order valence-electron chi connectivity index (χ4n) is 7.41. The Bertz CT molecular complexity index is 1460. The number of carbonyl (C=O) groups excluding carboxylic acids is 2. The Balaban J connectivity index is 1.67. The molecule has 1 aromatic rings. The highest BCUT2D eigenvalue weighted by Crippen LogP contribution is 2.68. The van der Waals surface area contributed by atoms with E-state index >= 15 is 0 Å². The number of aromatic hydroxyl groups is 1. The Morgan fingerprint density at radius 1 is 1.03 bits per heavy atom. The molecule has 0 radical (unpaired) electrons. The van der Waals surface area contributed by atoms with Gasteiger partial charge in [0.25, 0.3) is 0 Å². The van der Waals surface area contributed by atoms with Crippen molar-refractivity contribution in [3.05, 3.63) is 57.7 Å². The van der Waals surface area contributed by atoms with Crippen LogP contribution in [0.5, 0.6) is 17.2 Å². The first-order valence-corrected chi connectivity index (χ1v) is 13.9. The minimum absolute atomic E-state index is 0.0322. The highest BCUT2D eigenvalue weighted by Gasteiger charge is 2.81. The van der Waals surface area contributed by atoms with Crippen LogP contribution in [-0.4, -0.2) is 39.1 Å². The van der Waals surface area contributed by atoms with Crippen molar-refractivity contribution in [2.24, 2.45) is 11.8 Å². The number of hydrogen-bond donors (Lipinski definition) is 1. The summed E-state index contributed by atoms with van der Waals surface area (Å²) in [5.74, 6) is -0.308. The number of ketones is 2. The maximum absolute atomic E-state index is 14.5. The van der Waals surface area contributed by atoms with E-state index in [2.05, 4.69) is 6.08 Å². The van der Waals surface area contributed by atoms with Crippen LogP contribution >= 0.6 is 0 Å². The zero-order chi connectivity index (χ0) is 28.3. The standard InChI is InChI=1S/C33H38O6/c1-17(2)9-10-21-27-20(12-13-30(5,6)37-27)25(34)24-26(35)22-15-19-16-23-31(7,8)39-32(29(19)36,14-11-18(3)4)33(22,23)38-28(21)24/h9,11-13,15,19,23,34H,10,14,16H2,1-8H3/t19-,23+,32?,33-/m1/s1. The molecule has 3 aliphatic carbocycles. The number of carbonyl (C=O) groups is 2. The number of allylic oxidation sites excluding steroid dienone is 4. The van der Waals surface area contributed by atoms with Crippen molar-refractivity contribution in [3.63, 3.8) is 0 Å². The number of benzene rings is 1. The number of phenolic OH excluding ortho intramolecular Hbond substituents is 1. The molecule has 1 saturated carbocycles. The molecule has 6 aliphatic rings. The predicted octanol–water partition coefficient (Wildman–Crippen LogP) is 6.45. The van der Waals surface area contributed by atoms with Gasteiger partial charge in [0.05, 0.1) is 11.2 Å². The van der Waals surface area contributed by atoms with Crippen LogP contribution in [0, 0.1) is 11.8 Å². The highest BCUT2D eigenvalue weighted by atomic mass is 16.6. The molecule has 3 heterocycles. The largest absolute Gasteiger partial charge is 0.506 e. The van der Waals surface area contributed by atoms with E-state index in [1.807, 2.05) is 73.6 Å². The monoisotopic (exact) mass is 530 g/mol. The maximum Gasteiger partial charge on any atom is 0.200 e. The lowest BCUT2D eigenvalue weighted by atomic mass is 9.51. The van der Waals surface area contributed by atoms with E-state index in [0.717, 1.165) is 11.1 Å². The number of fused-ring (bicyclic) bond motifs is 2. The molecule has 39 heavy (non-hydrogen) atoms. The van der Waals surface area contributed by atoms with Crippen molar-refractivity contribution in [1.29, 1.82) is 0 Å². The summed E-state index contributed by atoms with van der Waals surface area (Å²) in [5, 5.41) is 11.5. The zero-order valence-corrected chi connectivity index (χ0v) is 24.2. The molecule has 1 unspecified atom stereocenters. The second kappa shape index (κ2) is 7.97. The van der Waals surface area contributed by atoms with E-state index in [-0.39, 0.29) is 28.8 Å². The Labute approximate surface area is 230 Å². The summed E-state index contributed by atoms with van der Waals surface area (Å²) in [6.07, 6.45) is 10.9. The molecule has 6 nitrogen and oxygen atoms in total. The second-order valence-corrected chi connectivity index (χ2v) is 13.3. The molecule has 1 aromatic carbocycles. The minimum atomic E-state index is -1.34. The van der Waals surface area contributed by atoms with Gasteiger partial charge in [-0.05, 0) is 80.4 Å². The van der Waals surface area contributed by atoms with Gasteiger partial charge in [-0.1, -0.05) is 29.4 Å². The first kappa shape index (κ1) is 26.1. The number of phenols is 1. The van der Waals surface area contributed by atoms with E-state index < -0.39 is 28.3 Å². The first-order valence-electron chi connectivity index (χ1n) is 13.9. The third kappa shape index (κ3) is 3.30. The van der Waals surface area contributed by atoms with Gasteiger partial charge in [-0.25, -0.2) is 0 Å². The van der Waals surface area contributed by atoms with E-state index in [1.54, 1.807) is 6.08 Å². The fourth-order valence-corrected chi connectivity index (χ4v) is 7.41. The highest BCUT2D eigenvalue weighted by molar-refractivity contribution is 6.19. The molecule has 3 aliphatic heterocycles. The van der Waals surface area contributed by atoms with E-state index in [1.165, 1.54) is 0 Å². The van der Waals surface area contributed by atoms with E-state index in [9.17, 15) is 14.7 Å². The third-order valence-electron chi connectivity index (χ3n) is 9.13. The van der Waals surface area contributed by atoms with Gasteiger partial charge >= 0.3 is 0 Å². The Hall–Kier alpha value is -3.12. The average molecular weight is 531 g/mol. The summed E-state index contributed by atoms with van der Waals surface area (Å²) in [6.45, 7) is 15.9. The van der Waals surface area contributed by atoms with Crippen molar-refractivity contribution >= 4 is 17.6 Å². The van der Waals surface area contributed by atoms with Crippen molar-refractivity contribution in [2.75, 3.05) is 0 Å². The minimum Gasteiger partial charge on any atom is -0.506 e. The Morgan fingerprint density at radius 3 is 2.38 bits per heavy atom. The molecule has 1 N–H and O–H groups in total. The second-order valence-electron chi connectivity index (χ2n) is 13.3. The number of Topliss-reactive ketones (excluding diaryl/α,β-unsaturated/α-hetero) is 2. The zero-order valence-electron chi connectivity index (χ0n) is 24.2. The van der Waals surface area contributed by atoms with Crippen LogP contribution in [0.3, 0.4) is 0 Å². The normalized spacial score (nSPS) is 31.8. The summed E-state index contributed by atoms with van der Waals surface area (Å²) in [7, 11) is 0. The van der Waals surface area contributed by atoms with Gasteiger partial charge in [-0.3, -0.25) is 9.59 Å². The van der Waals surface area contributed by atoms with Gasteiger partial charge in [0.2, 0.25) is 0 Å². The SMILES string of the molecule is CC(C)=CCc1c2c(c(O)c3c1O[C@]14C(=C[C@@H]5C[C@H]1C(C)(C)OC4(CC=C(C)C)C5=O)C3=O)C=CC(C)(C)O2.